The van der Waals surface area contributed by atoms with Gasteiger partial charge in [-0.1, -0.05) is 12.1 Å². The highest BCUT2D eigenvalue weighted by Gasteiger charge is 2.23. The number of nitrogens with zero attached hydrogens (tertiary/aromatic N) is 5. The van der Waals surface area contributed by atoms with Crippen molar-refractivity contribution in [3.63, 3.8) is 0 Å². The van der Waals surface area contributed by atoms with E-state index in [1.807, 2.05) is 11.9 Å². The maximum absolute atomic E-state index is 6.13. The minimum atomic E-state index is 0. The van der Waals surface area contributed by atoms with Gasteiger partial charge < -0.3 is 44.8 Å². The molecule has 9 heteroatoms. The first kappa shape index (κ1) is 32.3. The van der Waals surface area contributed by atoms with Crippen LogP contribution in [-0.2, 0) is 6.42 Å². The van der Waals surface area contributed by atoms with E-state index in [9.17, 15) is 0 Å². The third kappa shape index (κ3) is 12.0. The molecule has 0 bridgehead atoms. The lowest BCUT2D eigenvalue weighted by atomic mass is 10.1. The van der Waals surface area contributed by atoms with Crippen LogP contribution in [0.5, 0.6) is 0 Å². The Bertz CT molecular complexity index is 753. The second kappa shape index (κ2) is 15.4. The van der Waals surface area contributed by atoms with Crippen LogP contribution in [0.4, 0.5) is 5.69 Å². The zero-order valence-electron chi connectivity index (χ0n) is 21.3. The molecule has 7 nitrogen and oxygen atoms in total. The standard InChI is InChI=1S/C24H45N7.H2I.HI/c1-29(16-7-10-19-31(5)17-8-6-9-18-31)24(26)28-23(25)27-15-14-21-12-11-13-22(20-21)30(2,3)4;;/h11-13,20H,6-10,14-19H2,1-5H3,(H4,25,26,27,28);1H2;1H/q+2;+1;/p-1. The lowest BCUT2D eigenvalue weighted by Gasteiger charge is -2.38. The third-order valence-electron chi connectivity index (χ3n) is 6.32. The summed E-state index contributed by atoms with van der Waals surface area (Å²) in [6.07, 6.45) is 7.29. The smallest absolute Gasteiger partial charge is 0.235 e. The van der Waals surface area contributed by atoms with Gasteiger partial charge in [0.2, 0.25) is 29.9 Å². The van der Waals surface area contributed by atoms with Crippen molar-refractivity contribution in [2.24, 2.45) is 21.5 Å². The van der Waals surface area contributed by atoms with Crippen molar-refractivity contribution >= 4 is 17.6 Å². The van der Waals surface area contributed by atoms with Crippen molar-refractivity contribution in [3.8, 4) is 0 Å². The van der Waals surface area contributed by atoms with E-state index in [1.165, 1.54) is 61.1 Å². The van der Waals surface area contributed by atoms with E-state index in [-0.39, 0.29) is 53.9 Å². The topological polar surface area (TPSA) is 80.0 Å². The summed E-state index contributed by atoms with van der Waals surface area (Å²) in [5.41, 5.74) is 14.6. The molecule has 4 N–H and O–H groups in total. The van der Waals surface area contributed by atoms with Gasteiger partial charge in [0, 0.05) is 26.2 Å². The summed E-state index contributed by atoms with van der Waals surface area (Å²) in [5, 5.41) is 0. The van der Waals surface area contributed by atoms with Crippen LogP contribution in [0.1, 0.15) is 37.7 Å². The highest BCUT2D eigenvalue weighted by atomic mass is 127. The van der Waals surface area contributed by atoms with Crippen LogP contribution in [-0.4, -0.2) is 89.3 Å². The normalized spacial score (nSPS) is 16.5. The molecule has 0 spiro atoms. The molecule has 0 saturated carbocycles. The molecule has 0 atom stereocenters. The number of nitrogens with two attached hydrogens (primary N) is 2. The van der Waals surface area contributed by atoms with Gasteiger partial charge in [-0.3, -0.25) is 9.48 Å². The van der Waals surface area contributed by atoms with Crippen molar-refractivity contribution < 1.29 is 52.4 Å². The Balaban J connectivity index is 0.00000512. The van der Waals surface area contributed by atoms with E-state index in [0.29, 0.717) is 12.5 Å². The summed E-state index contributed by atoms with van der Waals surface area (Å²) >= 11 is 0. The number of unbranched alkanes of at least 4 members (excludes halogenated alkanes) is 1. The Hall–Kier alpha value is -0.660. The fourth-order valence-electron chi connectivity index (χ4n) is 4.12. The molecule has 1 heterocycles. The molecule has 0 unspecified atom stereocenters. The molecule has 2 rings (SSSR count). The van der Waals surface area contributed by atoms with Crippen molar-refractivity contribution in [1.29, 1.82) is 0 Å². The molecule has 1 fully saturated rings. The highest BCUT2D eigenvalue weighted by Crippen LogP contribution is 2.19. The predicted octanol–water partition coefficient (Wildman–Crippen LogP) is -4.13. The van der Waals surface area contributed by atoms with E-state index in [1.54, 1.807) is 0 Å². The molecule has 1 saturated heterocycles. The van der Waals surface area contributed by atoms with Crippen LogP contribution in [0.25, 0.3) is 0 Å². The van der Waals surface area contributed by atoms with Crippen LogP contribution < -0.4 is 63.9 Å². The summed E-state index contributed by atoms with van der Waals surface area (Å²) < 4.78 is 2.02. The van der Waals surface area contributed by atoms with Gasteiger partial charge in [-0.25, -0.2) is 0 Å². The molecule has 1 aliphatic rings. The number of aliphatic imine (C=N–C) groups is 2. The second-order valence-electron chi connectivity index (χ2n) is 10.1. The average Bonchev–Trinajstić information content (AvgIpc) is 2.71. The number of rotatable bonds is 9. The number of piperidine rings is 1. The first-order valence-electron chi connectivity index (χ1n) is 11.7. The maximum atomic E-state index is 6.13. The Kier molecular flexibility index (Phi) is 15.1. The Morgan fingerprint density at radius 3 is 2.39 bits per heavy atom. The van der Waals surface area contributed by atoms with E-state index in [0.717, 1.165) is 23.9 Å². The maximum Gasteiger partial charge on any atom is 0.235 e. The molecule has 0 aliphatic carbocycles. The van der Waals surface area contributed by atoms with E-state index < -0.39 is 0 Å². The largest absolute Gasteiger partial charge is 1.00 e. The molecule has 0 aromatic heterocycles. The van der Waals surface area contributed by atoms with Gasteiger partial charge >= 0.3 is 0 Å². The van der Waals surface area contributed by atoms with Gasteiger partial charge in [0.15, 0.2) is 5.96 Å². The summed E-state index contributed by atoms with van der Waals surface area (Å²) in [5.74, 6) is 0.685. The van der Waals surface area contributed by atoms with Gasteiger partial charge in [0.25, 0.3) is 0 Å². The number of hydrogen-bond acceptors (Lipinski definition) is 1. The number of benzene rings is 1. The summed E-state index contributed by atoms with van der Waals surface area (Å²) in [7, 11) is 10.9. The third-order valence-corrected chi connectivity index (χ3v) is 6.32. The molecule has 1 aromatic carbocycles. The summed E-state index contributed by atoms with van der Waals surface area (Å²) in [6, 6.07) is 8.60. The van der Waals surface area contributed by atoms with Gasteiger partial charge in [0.05, 0.1) is 47.8 Å². The zero-order valence-corrected chi connectivity index (χ0v) is 26.0. The van der Waals surface area contributed by atoms with Crippen molar-refractivity contribution in [3.05, 3.63) is 29.8 Å². The molecule has 190 valence electrons. The van der Waals surface area contributed by atoms with Crippen LogP contribution in [0.15, 0.2) is 34.3 Å². The summed E-state index contributed by atoms with van der Waals surface area (Å²) in [4.78, 5) is 10.7. The molecular formula is C24H47I2N7+2. The Morgan fingerprint density at radius 2 is 1.76 bits per heavy atom. The zero-order chi connectivity index (χ0) is 22.9. The number of quaternary nitrogens is 2. The number of halogens is 2. The van der Waals surface area contributed by atoms with Gasteiger partial charge in [-0.15, -0.1) is 0 Å². The minimum absolute atomic E-state index is 0. The van der Waals surface area contributed by atoms with Crippen LogP contribution in [0.2, 0.25) is 0 Å². The lowest BCUT2D eigenvalue weighted by Crippen LogP contribution is -3.00. The Morgan fingerprint density at radius 1 is 1.09 bits per heavy atom. The number of guanidine groups is 2. The van der Waals surface area contributed by atoms with E-state index in [2.05, 4.69) is 62.4 Å². The number of likely N-dealkylation sites (tertiary alicyclic amines) is 1. The van der Waals surface area contributed by atoms with Gasteiger partial charge in [0.1, 0.15) is 5.69 Å². The van der Waals surface area contributed by atoms with Crippen molar-refractivity contribution in [1.82, 2.24) is 9.38 Å². The lowest BCUT2D eigenvalue weighted by molar-refractivity contribution is -0.914. The van der Waals surface area contributed by atoms with Crippen molar-refractivity contribution in [2.45, 2.75) is 38.5 Å². The fraction of sp³-hybridized carbons (Fsp3) is 0.667. The molecule has 0 amide bonds. The monoisotopic (exact) mass is 687 g/mol. The highest BCUT2D eigenvalue weighted by molar-refractivity contribution is 5.93. The first-order chi connectivity index (χ1) is 14.6. The number of hydrogen-bond donors (Lipinski definition) is 2. The predicted molar refractivity (Wildman–Crippen MR) is 137 cm³/mol. The SMILES string of the molecule is CN(CCCC[N+]1(C)CCCCC1)C(N)=NC(N)=NCCc1cccc([N+](C)(C)C)c1.[I-].[IH2+]. The quantitative estimate of drug-likeness (QED) is 0.0912. The summed E-state index contributed by atoms with van der Waals surface area (Å²) in [6.45, 7) is 5.39. The van der Waals surface area contributed by atoms with Crippen LogP contribution >= 0.6 is 0 Å². The molecule has 1 aliphatic heterocycles. The van der Waals surface area contributed by atoms with E-state index in [4.69, 9.17) is 11.5 Å². The first-order valence-corrected chi connectivity index (χ1v) is 11.7. The molecule has 33 heavy (non-hydrogen) atoms. The van der Waals surface area contributed by atoms with E-state index >= 15 is 0 Å². The minimum Gasteiger partial charge on any atom is -1.00 e. The second-order valence-corrected chi connectivity index (χ2v) is 10.1. The molecular weight excluding hydrogens is 640 g/mol. The molecule has 1 aromatic rings. The van der Waals surface area contributed by atoms with Crippen LogP contribution in [0, 0.1) is 0 Å². The fourth-order valence-corrected chi connectivity index (χ4v) is 4.12. The van der Waals surface area contributed by atoms with Gasteiger partial charge in [-0.2, -0.15) is 4.99 Å². The average molecular weight is 687 g/mol. The Labute approximate surface area is 235 Å². The molecule has 0 radical (unpaired) electrons. The van der Waals surface area contributed by atoms with Crippen LogP contribution in [0.3, 0.4) is 0 Å². The van der Waals surface area contributed by atoms with Crippen molar-refractivity contribution in [2.75, 3.05) is 68.0 Å². The van der Waals surface area contributed by atoms with Gasteiger partial charge in [-0.05, 0) is 50.2 Å².